The lowest BCUT2D eigenvalue weighted by Gasteiger charge is -2.18. The van der Waals surface area contributed by atoms with Gasteiger partial charge in [-0.3, -0.25) is 14.4 Å². The monoisotopic (exact) mass is 1020 g/mol. The van der Waals surface area contributed by atoms with Gasteiger partial charge in [-0.05, 0) is 96.3 Å². The van der Waals surface area contributed by atoms with Gasteiger partial charge in [-0.1, -0.05) is 273 Å². The van der Waals surface area contributed by atoms with E-state index in [4.69, 9.17) is 14.2 Å². The summed E-state index contributed by atoms with van der Waals surface area (Å²) in [7, 11) is 0. The highest BCUT2D eigenvalue weighted by atomic mass is 16.6. The summed E-state index contributed by atoms with van der Waals surface area (Å²) in [6.07, 6.45) is 80.1. The molecule has 0 aromatic carbocycles. The van der Waals surface area contributed by atoms with Crippen LogP contribution in [0.1, 0.15) is 303 Å². The number of hydrogen-bond acceptors (Lipinski definition) is 6. The molecule has 1 atom stereocenters. The average molecular weight is 1020 g/mol. The maximum Gasteiger partial charge on any atom is 0.306 e. The number of ether oxygens (including phenoxy) is 3. The van der Waals surface area contributed by atoms with Gasteiger partial charge in [-0.25, -0.2) is 0 Å². The molecule has 0 aliphatic rings. The number of esters is 3. The van der Waals surface area contributed by atoms with Crippen molar-refractivity contribution in [3.63, 3.8) is 0 Å². The quantitative estimate of drug-likeness (QED) is 0.0261. The number of rotatable bonds is 56. The lowest BCUT2D eigenvalue weighted by Crippen LogP contribution is -2.30. The van der Waals surface area contributed by atoms with E-state index in [2.05, 4.69) is 106 Å². The minimum Gasteiger partial charge on any atom is -0.462 e. The second-order valence-corrected chi connectivity index (χ2v) is 20.6. The highest BCUT2D eigenvalue weighted by Crippen LogP contribution is 2.16. The first-order valence-corrected chi connectivity index (χ1v) is 31.1. The van der Waals surface area contributed by atoms with Crippen LogP contribution in [0.3, 0.4) is 0 Å². The van der Waals surface area contributed by atoms with E-state index in [0.717, 1.165) is 109 Å². The second-order valence-electron chi connectivity index (χ2n) is 20.6. The van der Waals surface area contributed by atoms with Gasteiger partial charge >= 0.3 is 17.9 Å². The summed E-state index contributed by atoms with van der Waals surface area (Å²) in [5.74, 6) is -0.916. The number of carbonyl (C=O) groups is 3. The Kier molecular flexibility index (Phi) is 58.3. The molecule has 6 heteroatoms. The first-order chi connectivity index (χ1) is 36.0. The van der Waals surface area contributed by atoms with Crippen molar-refractivity contribution in [1.82, 2.24) is 0 Å². The first kappa shape index (κ1) is 69.6. The van der Waals surface area contributed by atoms with Crippen LogP contribution in [-0.4, -0.2) is 37.2 Å². The molecule has 0 bridgehead atoms. The fourth-order valence-corrected chi connectivity index (χ4v) is 8.74. The largest absolute Gasteiger partial charge is 0.462 e. The molecule has 73 heavy (non-hydrogen) atoms. The van der Waals surface area contributed by atoms with Crippen molar-refractivity contribution in [2.24, 2.45) is 0 Å². The highest BCUT2D eigenvalue weighted by molar-refractivity contribution is 5.71. The average Bonchev–Trinajstić information content (AvgIpc) is 3.39. The Morgan fingerprint density at radius 3 is 0.877 bits per heavy atom. The van der Waals surface area contributed by atoms with Crippen LogP contribution in [-0.2, 0) is 28.6 Å². The summed E-state index contributed by atoms with van der Waals surface area (Å²) < 4.78 is 16.9. The van der Waals surface area contributed by atoms with Crippen molar-refractivity contribution in [3.05, 3.63) is 85.1 Å². The Bertz CT molecular complexity index is 1400. The van der Waals surface area contributed by atoms with Crippen molar-refractivity contribution in [2.75, 3.05) is 13.2 Å². The summed E-state index contributed by atoms with van der Waals surface area (Å²) in [4.78, 5) is 38.3. The standard InChI is InChI=1S/C67H116O6/c1-4-7-10-13-16-19-22-25-28-31-33-36-39-42-45-48-51-54-57-60-66(69)72-63-64(62-71-65(68)59-56-53-50-47-44-41-38-35-30-27-24-21-18-15-12-9-6-3)73-67(70)61-58-55-52-49-46-43-40-37-34-32-29-26-23-20-17-14-11-8-5-2/h7,10,16,18-19,21,25,27-28,30,33,36,42,45,64H,4-6,8-9,11-15,17,20,22-24,26,29,31-32,34-35,37-41,43-44,46-63H2,1-3H3/b10-7-,19-16-,21-18-,28-25-,30-27-,36-33-,45-42-/t64-/m0/s1. The van der Waals surface area contributed by atoms with Gasteiger partial charge in [0, 0.05) is 19.3 Å². The van der Waals surface area contributed by atoms with Gasteiger partial charge in [0.05, 0.1) is 0 Å². The zero-order chi connectivity index (χ0) is 52.9. The predicted octanol–water partition coefficient (Wildman–Crippen LogP) is 21.1. The van der Waals surface area contributed by atoms with Crippen molar-refractivity contribution in [3.8, 4) is 0 Å². The van der Waals surface area contributed by atoms with E-state index in [9.17, 15) is 14.4 Å². The van der Waals surface area contributed by atoms with Gasteiger partial charge in [0.15, 0.2) is 6.10 Å². The van der Waals surface area contributed by atoms with Gasteiger partial charge in [0.25, 0.3) is 0 Å². The maximum absolute atomic E-state index is 12.9. The maximum atomic E-state index is 12.9. The molecule has 0 unspecified atom stereocenters. The number of allylic oxidation sites excluding steroid dienone is 14. The van der Waals surface area contributed by atoms with Gasteiger partial charge < -0.3 is 14.2 Å². The third-order valence-corrected chi connectivity index (χ3v) is 13.4. The van der Waals surface area contributed by atoms with Crippen LogP contribution >= 0.6 is 0 Å². The molecular formula is C67H116O6. The van der Waals surface area contributed by atoms with Crippen LogP contribution in [0.4, 0.5) is 0 Å². The molecule has 420 valence electrons. The molecule has 6 nitrogen and oxygen atoms in total. The van der Waals surface area contributed by atoms with E-state index < -0.39 is 6.10 Å². The Hall–Kier alpha value is -3.41. The van der Waals surface area contributed by atoms with E-state index in [0.29, 0.717) is 19.3 Å². The Balaban J connectivity index is 4.43. The third-order valence-electron chi connectivity index (χ3n) is 13.4. The number of hydrogen-bond donors (Lipinski definition) is 0. The SMILES string of the molecule is CC/C=C\C/C=C\C/C=C\C/C=C\C/C=C\CCCCCC(=O)OC[C@H](COC(=O)CCCCCCCCC/C=C\C/C=C\CCCCC)OC(=O)CCCCCCCCCCCCCCCCCCCCC. The molecular weight excluding hydrogens is 901 g/mol. The molecule has 0 rings (SSSR count). The zero-order valence-corrected chi connectivity index (χ0v) is 48.1. The molecule has 0 fully saturated rings. The molecule has 0 amide bonds. The normalized spacial score (nSPS) is 12.6. The van der Waals surface area contributed by atoms with Crippen molar-refractivity contribution >= 4 is 17.9 Å². The Morgan fingerprint density at radius 1 is 0.288 bits per heavy atom. The molecule has 0 aromatic rings. The summed E-state index contributed by atoms with van der Waals surface area (Å²) in [5.41, 5.74) is 0. The van der Waals surface area contributed by atoms with E-state index in [1.807, 2.05) is 0 Å². The summed E-state index contributed by atoms with van der Waals surface area (Å²) in [5, 5.41) is 0. The fourth-order valence-electron chi connectivity index (χ4n) is 8.74. The molecule has 0 N–H and O–H groups in total. The number of unbranched alkanes of at least 4 members (excludes halogenated alkanes) is 31. The molecule has 0 spiro atoms. The van der Waals surface area contributed by atoms with Gasteiger partial charge in [0.2, 0.25) is 0 Å². The van der Waals surface area contributed by atoms with Gasteiger partial charge in [0.1, 0.15) is 13.2 Å². The van der Waals surface area contributed by atoms with Crippen LogP contribution in [0.5, 0.6) is 0 Å². The van der Waals surface area contributed by atoms with E-state index in [-0.39, 0.29) is 31.1 Å². The van der Waals surface area contributed by atoms with Crippen LogP contribution in [0.2, 0.25) is 0 Å². The molecule has 0 aliphatic heterocycles. The smallest absolute Gasteiger partial charge is 0.306 e. The van der Waals surface area contributed by atoms with Crippen molar-refractivity contribution in [1.29, 1.82) is 0 Å². The molecule has 0 aliphatic carbocycles. The predicted molar refractivity (Wildman–Crippen MR) is 316 cm³/mol. The van der Waals surface area contributed by atoms with Crippen molar-refractivity contribution in [2.45, 2.75) is 309 Å². The first-order valence-electron chi connectivity index (χ1n) is 31.1. The fraction of sp³-hybridized carbons (Fsp3) is 0.746. The van der Waals surface area contributed by atoms with Gasteiger partial charge in [-0.15, -0.1) is 0 Å². The summed E-state index contributed by atoms with van der Waals surface area (Å²) >= 11 is 0. The van der Waals surface area contributed by atoms with Crippen LogP contribution in [0.25, 0.3) is 0 Å². The van der Waals surface area contributed by atoms with Crippen molar-refractivity contribution < 1.29 is 28.6 Å². The van der Waals surface area contributed by atoms with E-state index in [1.54, 1.807) is 0 Å². The van der Waals surface area contributed by atoms with E-state index in [1.165, 1.54) is 154 Å². The van der Waals surface area contributed by atoms with E-state index >= 15 is 0 Å². The van der Waals surface area contributed by atoms with Crippen LogP contribution in [0, 0.1) is 0 Å². The topological polar surface area (TPSA) is 78.9 Å². The molecule has 0 aromatic heterocycles. The summed E-state index contributed by atoms with van der Waals surface area (Å²) in [6, 6.07) is 0. The molecule has 0 radical (unpaired) electrons. The van der Waals surface area contributed by atoms with Gasteiger partial charge in [-0.2, -0.15) is 0 Å². The second kappa shape index (κ2) is 61.1. The Morgan fingerprint density at radius 2 is 0.534 bits per heavy atom. The number of carbonyl (C=O) groups excluding carboxylic acids is 3. The van der Waals surface area contributed by atoms with Crippen LogP contribution < -0.4 is 0 Å². The molecule has 0 heterocycles. The third kappa shape index (κ3) is 59.3. The zero-order valence-electron chi connectivity index (χ0n) is 48.1. The highest BCUT2D eigenvalue weighted by Gasteiger charge is 2.19. The Labute approximate surface area is 452 Å². The summed E-state index contributed by atoms with van der Waals surface area (Å²) in [6.45, 7) is 6.50. The van der Waals surface area contributed by atoms with Crippen LogP contribution in [0.15, 0.2) is 85.1 Å². The molecule has 0 saturated heterocycles. The minimum absolute atomic E-state index is 0.0893. The lowest BCUT2D eigenvalue weighted by molar-refractivity contribution is -0.167. The lowest BCUT2D eigenvalue weighted by atomic mass is 10.0. The molecule has 0 saturated carbocycles. The minimum atomic E-state index is -0.794.